The van der Waals surface area contributed by atoms with Crippen molar-refractivity contribution in [2.45, 2.75) is 51.5 Å². The Labute approximate surface area is 127 Å². The van der Waals surface area contributed by atoms with E-state index in [9.17, 15) is 4.79 Å². The van der Waals surface area contributed by atoms with Crippen LogP contribution in [0.2, 0.25) is 0 Å². The summed E-state index contributed by atoms with van der Waals surface area (Å²) in [6, 6.07) is 6.10. The Morgan fingerprint density at radius 1 is 1.33 bits per heavy atom. The lowest BCUT2D eigenvalue weighted by molar-refractivity contribution is -0.123. The van der Waals surface area contributed by atoms with Gasteiger partial charge in [0.05, 0.1) is 18.6 Å². The molecule has 0 atom stereocenters. The zero-order valence-electron chi connectivity index (χ0n) is 13.1. The third-order valence-corrected chi connectivity index (χ3v) is 4.29. The quantitative estimate of drug-likeness (QED) is 0.846. The van der Waals surface area contributed by atoms with Crippen molar-refractivity contribution in [3.63, 3.8) is 0 Å². The summed E-state index contributed by atoms with van der Waals surface area (Å²) >= 11 is 0. The van der Waals surface area contributed by atoms with Crippen molar-refractivity contribution in [1.82, 2.24) is 5.32 Å². The van der Waals surface area contributed by atoms with Gasteiger partial charge in [-0.3, -0.25) is 4.79 Å². The van der Waals surface area contributed by atoms with E-state index in [0.717, 1.165) is 42.6 Å². The number of hydrogen-bond donors (Lipinski definition) is 2. The maximum absolute atomic E-state index is 12.1. The van der Waals surface area contributed by atoms with Crippen LogP contribution in [-0.4, -0.2) is 24.6 Å². The summed E-state index contributed by atoms with van der Waals surface area (Å²) in [4.78, 5) is 12.1. The molecule has 0 bridgehead atoms. The van der Waals surface area contributed by atoms with Gasteiger partial charge in [0.1, 0.15) is 5.75 Å². The monoisotopic (exact) mass is 290 g/mol. The summed E-state index contributed by atoms with van der Waals surface area (Å²) in [5.41, 5.74) is 7.91. The first-order valence-electron chi connectivity index (χ1n) is 7.76. The molecule has 4 heteroatoms. The van der Waals surface area contributed by atoms with Gasteiger partial charge in [-0.15, -0.1) is 0 Å². The van der Waals surface area contributed by atoms with Crippen molar-refractivity contribution >= 4 is 5.91 Å². The molecule has 1 saturated carbocycles. The van der Waals surface area contributed by atoms with Crippen LogP contribution in [-0.2, 0) is 4.79 Å². The summed E-state index contributed by atoms with van der Waals surface area (Å²) in [6.07, 6.45) is 4.65. The highest BCUT2D eigenvalue weighted by Gasteiger charge is 2.33. The Morgan fingerprint density at radius 2 is 2.05 bits per heavy atom. The molecule has 1 aliphatic rings. The minimum atomic E-state index is -0.170. The molecule has 1 amide bonds. The maximum atomic E-state index is 12.1. The zero-order valence-corrected chi connectivity index (χ0v) is 13.1. The Hall–Kier alpha value is -1.55. The highest BCUT2D eigenvalue weighted by atomic mass is 16.5. The number of rotatable bonds is 6. The van der Waals surface area contributed by atoms with Gasteiger partial charge < -0.3 is 15.8 Å². The Kier molecular flexibility index (Phi) is 5.23. The van der Waals surface area contributed by atoms with Crippen molar-refractivity contribution < 1.29 is 9.53 Å². The van der Waals surface area contributed by atoms with E-state index in [1.54, 1.807) is 0 Å². The van der Waals surface area contributed by atoms with Crippen molar-refractivity contribution in [2.24, 2.45) is 5.73 Å². The van der Waals surface area contributed by atoms with Gasteiger partial charge >= 0.3 is 0 Å². The van der Waals surface area contributed by atoms with Gasteiger partial charge in [0.25, 0.3) is 0 Å². The van der Waals surface area contributed by atoms with Crippen LogP contribution >= 0.6 is 0 Å². The van der Waals surface area contributed by atoms with E-state index in [2.05, 4.69) is 11.4 Å². The average molecular weight is 290 g/mol. The average Bonchev–Trinajstić information content (AvgIpc) is 2.91. The molecule has 1 aromatic rings. The van der Waals surface area contributed by atoms with Gasteiger partial charge in [-0.1, -0.05) is 25.0 Å². The van der Waals surface area contributed by atoms with Gasteiger partial charge in [0.15, 0.2) is 0 Å². The van der Waals surface area contributed by atoms with Crippen LogP contribution < -0.4 is 15.8 Å². The molecule has 1 fully saturated rings. The van der Waals surface area contributed by atoms with Crippen molar-refractivity contribution in [3.05, 3.63) is 29.3 Å². The minimum Gasteiger partial charge on any atom is -0.493 e. The second kappa shape index (κ2) is 6.94. The number of carbonyl (C=O) groups is 1. The molecule has 0 spiro atoms. The van der Waals surface area contributed by atoms with E-state index in [1.807, 2.05) is 26.0 Å². The van der Waals surface area contributed by atoms with Gasteiger partial charge in [-0.05, 0) is 43.9 Å². The number of nitrogens with two attached hydrogens (primary N) is 1. The van der Waals surface area contributed by atoms with E-state index in [4.69, 9.17) is 10.5 Å². The normalized spacial score (nSPS) is 16.7. The van der Waals surface area contributed by atoms with Gasteiger partial charge in [0, 0.05) is 6.54 Å². The second-order valence-corrected chi connectivity index (χ2v) is 6.11. The van der Waals surface area contributed by atoms with Gasteiger partial charge in [0.2, 0.25) is 5.91 Å². The third-order valence-electron chi connectivity index (χ3n) is 4.29. The molecule has 3 N–H and O–H groups in total. The molecule has 116 valence electrons. The molecule has 0 aromatic heterocycles. The molecule has 0 heterocycles. The van der Waals surface area contributed by atoms with E-state index in [0.29, 0.717) is 19.6 Å². The molecular weight excluding hydrogens is 264 g/mol. The van der Waals surface area contributed by atoms with Gasteiger partial charge in [-0.2, -0.15) is 0 Å². The van der Waals surface area contributed by atoms with Crippen LogP contribution in [0.5, 0.6) is 5.75 Å². The highest BCUT2D eigenvalue weighted by Crippen LogP contribution is 2.28. The molecule has 21 heavy (non-hydrogen) atoms. The Morgan fingerprint density at radius 3 is 2.71 bits per heavy atom. The number of ether oxygens (including phenoxy) is 1. The van der Waals surface area contributed by atoms with E-state index in [1.165, 1.54) is 0 Å². The lowest BCUT2D eigenvalue weighted by Gasteiger charge is -2.28. The van der Waals surface area contributed by atoms with Crippen molar-refractivity contribution in [3.8, 4) is 5.75 Å². The molecular formula is C17H26N2O2. The summed E-state index contributed by atoms with van der Waals surface area (Å²) < 4.78 is 5.73. The molecule has 0 saturated heterocycles. The van der Waals surface area contributed by atoms with Crippen molar-refractivity contribution in [1.29, 1.82) is 0 Å². The first-order valence-corrected chi connectivity index (χ1v) is 7.76. The fourth-order valence-corrected chi connectivity index (χ4v) is 2.91. The standard InChI is InChI=1S/C17H26N2O2/c1-13-5-6-14(2)15(11-13)21-10-7-16(20)19-17(12-18)8-3-4-9-17/h5-6,11H,3-4,7-10,12,18H2,1-2H3,(H,19,20). The largest absolute Gasteiger partial charge is 0.493 e. The van der Waals surface area contributed by atoms with Crippen molar-refractivity contribution in [2.75, 3.05) is 13.2 Å². The van der Waals surface area contributed by atoms with E-state index in [-0.39, 0.29) is 11.4 Å². The predicted octanol–water partition coefficient (Wildman–Crippen LogP) is 2.46. The predicted molar refractivity (Wildman–Crippen MR) is 84.4 cm³/mol. The maximum Gasteiger partial charge on any atom is 0.223 e. The number of carbonyl (C=O) groups excluding carboxylic acids is 1. The number of hydrogen-bond acceptors (Lipinski definition) is 3. The zero-order chi connectivity index (χ0) is 15.3. The Balaban J connectivity index is 1.80. The smallest absolute Gasteiger partial charge is 0.223 e. The molecule has 0 unspecified atom stereocenters. The minimum absolute atomic E-state index is 0.0349. The van der Waals surface area contributed by atoms with Crippen LogP contribution in [0.4, 0.5) is 0 Å². The second-order valence-electron chi connectivity index (χ2n) is 6.11. The first-order chi connectivity index (χ1) is 10.0. The number of amides is 1. The first kappa shape index (κ1) is 15.8. The van der Waals surface area contributed by atoms with Crippen LogP contribution in [0, 0.1) is 13.8 Å². The summed E-state index contributed by atoms with van der Waals surface area (Å²) in [5, 5.41) is 3.11. The number of aryl methyl sites for hydroxylation is 2. The van der Waals surface area contributed by atoms with E-state index < -0.39 is 0 Å². The lowest BCUT2D eigenvalue weighted by Crippen LogP contribution is -2.51. The molecule has 2 rings (SSSR count). The molecule has 1 aromatic carbocycles. The third kappa shape index (κ3) is 4.21. The molecule has 0 aliphatic heterocycles. The summed E-state index contributed by atoms with van der Waals surface area (Å²) in [5.74, 6) is 0.893. The molecule has 0 radical (unpaired) electrons. The lowest BCUT2D eigenvalue weighted by atomic mass is 9.98. The van der Waals surface area contributed by atoms with Crippen LogP contribution in [0.15, 0.2) is 18.2 Å². The SMILES string of the molecule is Cc1ccc(C)c(OCCC(=O)NC2(CN)CCCC2)c1. The Bertz CT molecular complexity index is 494. The number of benzene rings is 1. The van der Waals surface area contributed by atoms with Crippen LogP contribution in [0.3, 0.4) is 0 Å². The fourth-order valence-electron chi connectivity index (χ4n) is 2.91. The van der Waals surface area contributed by atoms with E-state index >= 15 is 0 Å². The summed E-state index contributed by atoms with van der Waals surface area (Å²) in [7, 11) is 0. The van der Waals surface area contributed by atoms with Crippen LogP contribution in [0.1, 0.15) is 43.2 Å². The summed E-state index contributed by atoms with van der Waals surface area (Å²) in [6.45, 7) is 4.97. The molecule has 1 aliphatic carbocycles. The highest BCUT2D eigenvalue weighted by molar-refractivity contribution is 5.77. The van der Waals surface area contributed by atoms with Gasteiger partial charge in [-0.25, -0.2) is 0 Å². The number of nitrogens with one attached hydrogen (secondary N) is 1. The molecule has 4 nitrogen and oxygen atoms in total. The topological polar surface area (TPSA) is 64.3 Å². The fraction of sp³-hybridized carbons (Fsp3) is 0.588. The van der Waals surface area contributed by atoms with Crippen LogP contribution in [0.25, 0.3) is 0 Å².